The molecule has 0 aliphatic carbocycles. The molecule has 1 unspecified atom stereocenters. The van der Waals surface area contributed by atoms with Gasteiger partial charge in [-0.25, -0.2) is 9.59 Å². The molecule has 7 nitrogen and oxygen atoms in total. The molecular formula is C16H26O7. The number of hydrogen-bond donors (Lipinski definition) is 3. The summed E-state index contributed by atoms with van der Waals surface area (Å²) in [4.78, 5) is 23.1. The maximum absolute atomic E-state index is 11.6. The van der Waals surface area contributed by atoms with E-state index in [1.54, 1.807) is 0 Å². The second-order valence-electron chi connectivity index (χ2n) is 5.70. The van der Waals surface area contributed by atoms with Crippen LogP contribution in [0.1, 0.15) is 26.7 Å². The second kappa shape index (κ2) is 10.1. The Morgan fingerprint density at radius 3 is 1.87 bits per heavy atom. The minimum absolute atomic E-state index is 0.176. The predicted molar refractivity (Wildman–Crippen MR) is 83.4 cm³/mol. The number of aliphatic hydroxyl groups is 3. The standard InChI is InChI=1S/C16H26O7/c1-11(2)14(20)22-7-13(23-15(21)12(3)4)5-6-16(8-17,9-18)10-19/h13,17-19H,1,3,5-10H2,2,4H3. The van der Waals surface area contributed by atoms with Gasteiger partial charge in [0.05, 0.1) is 19.8 Å². The zero-order valence-corrected chi connectivity index (χ0v) is 13.7. The van der Waals surface area contributed by atoms with Crippen molar-refractivity contribution in [1.82, 2.24) is 0 Å². The van der Waals surface area contributed by atoms with Gasteiger partial charge in [-0.3, -0.25) is 0 Å². The lowest BCUT2D eigenvalue weighted by Gasteiger charge is -2.29. The van der Waals surface area contributed by atoms with Gasteiger partial charge in [0.15, 0.2) is 0 Å². The molecule has 132 valence electrons. The number of carbonyl (C=O) groups excluding carboxylic acids is 2. The highest BCUT2D eigenvalue weighted by Gasteiger charge is 2.30. The lowest BCUT2D eigenvalue weighted by atomic mass is 9.85. The highest BCUT2D eigenvalue weighted by atomic mass is 16.6. The van der Waals surface area contributed by atoms with Crippen LogP contribution < -0.4 is 0 Å². The largest absolute Gasteiger partial charge is 0.458 e. The van der Waals surface area contributed by atoms with Crippen LogP contribution in [-0.4, -0.2) is 59.8 Å². The van der Waals surface area contributed by atoms with Crippen LogP contribution in [-0.2, 0) is 19.1 Å². The van der Waals surface area contributed by atoms with Gasteiger partial charge in [-0.1, -0.05) is 13.2 Å². The molecule has 0 aliphatic heterocycles. The summed E-state index contributed by atoms with van der Waals surface area (Å²) in [5.41, 5.74) is -0.684. The highest BCUT2D eigenvalue weighted by Crippen LogP contribution is 2.24. The molecule has 0 aromatic heterocycles. The van der Waals surface area contributed by atoms with Crippen molar-refractivity contribution in [3.63, 3.8) is 0 Å². The van der Waals surface area contributed by atoms with Gasteiger partial charge >= 0.3 is 11.9 Å². The Morgan fingerprint density at radius 2 is 1.48 bits per heavy atom. The van der Waals surface area contributed by atoms with Crippen molar-refractivity contribution in [2.24, 2.45) is 5.41 Å². The van der Waals surface area contributed by atoms with E-state index in [2.05, 4.69) is 13.2 Å². The van der Waals surface area contributed by atoms with E-state index in [0.717, 1.165) is 0 Å². The van der Waals surface area contributed by atoms with Gasteiger partial charge in [-0.05, 0) is 26.7 Å². The normalized spacial score (nSPS) is 12.4. The van der Waals surface area contributed by atoms with Crippen LogP contribution in [0, 0.1) is 5.41 Å². The van der Waals surface area contributed by atoms with Crippen LogP contribution in [0.2, 0.25) is 0 Å². The smallest absolute Gasteiger partial charge is 0.333 e. The first-order chi connectivity index (χ1) is 10.7. The molecule has 0 aromatic carbocycles. The average molecular weight is 330 g/mol. The Hall–Kier alpha value is -1.70. The second-order valence-corrected chi connectivity index (χ2v) is 5.70. The first kappa shape index (κ1) is 21.3. The third-order valence-electron chi connectivity index (χ3n) is 3.37. The first-order valence-corrected chi connectivity index (χ1v) is 7.23. The zero-order valence-electron chi connectivity index (χ0n) is 13.7. The van der Waals surface area contributed by atoms with Crippen LogP contribution in [0.15, 0.2) is 24.3 Å². The van der Waals surface area contributed by atoms with Crippen LogP contribution in [0.25, 0.3) is 0 Å². The number of aliphatic hydroxyl groups excluding tert-OH is 3. The molecule has 0 bridgehead atoms. The molecule has 1 atom stereocenters. The van der Waals surface area contributed by atoms with Gasteiger partial charge < -0.3 is 24.8 Å². The van der Waals surface area contributed by atoms with E-state index in [4.69, 9.17) is 9.47 Å². The molecule has 0 aliphatic rings. The predicted octanol–water partition coefficient (Wildman–Crippen LogP) is 0.337. The Balaban J connectivity index is 4.83. The summed E-state index contributed by atoms with van der Waals surface area (Å²) in [7, 11) is 0. The lowest BCUT2D eigenvalue weighted by Crippen LogP contribution is -2.36. The molecule has 3 N–H and O–H groups in total. The molecule has 0 spiro atoms. The monoisotopic (exact) mass is 330 g/mol. The van der Waals surface area contributed by atoms with Crippen molar-refractivity contribution in [3.05, 3.63) is 24.3 Å². The summed E-state index contributed by atoms with van der Waals surface area (Å²) >= 11 is 0. The molecule has 0 heterocycles. The summed E-state index contributed by atoms with van der Waals surface area (Å²) in [6, 6.07) is 0. The maximum Gasteiger partial charge on any atom is 0.333 e. The number of carbonyl (C=O) groups is 2. The van der Waals surface area contributed by atoms with E-state index >= 15 is 0 Å². The van der Waals surface area contributed by atoms with Crippen molar-refractivity contribution in [2.75, 3.05) is 26.4 Å². The van der Waals surface area contributed by atoms with E-state index in [1.165, 1.54) is 13.8 Å². The summed E-state index contributed by atoms with van der Waals surface area (Å²) in [5.74, 6) is -1.25. The molecular weight excluding hydrogens is 304 g/mol. The fourth-order valence-electron chi connectivity index (χ4n) is 1.57. The van der Waals surface area contributed by atoms with Crippen molar-refractivity contribution >= 4 is 11.9 Å². The highest BCUT2D eigenvalue weighted by molar-refractivity contribution is 5.87. The van der Waals surface area contributed by atoms with Gasteiger partial charge in [-0.2, -0.15) is 0 Å². The lowest BCUT2D eigenvalue weighted by molar-refractivity contribution is -0.155. The van der Waals surface area contributed by atoms with Crippen molar-refractivity contribution in [1.29, 1.82) is 0 Å². The van der Waals surface area contributed by atoms with E-state index in [-0.39, 0.29) is 30.6 Å². The van der Waals surface area contributed by atoms with E-state index in [0.29, 0.717) is 0 Å². The molecule has 0 rings (SSSR count). The average Bonchev–Trinajstić information content (AvgIpc) is 2.53. The fraction of sp³-hybridized carbons (Fsp3) is 0.625. The molecule has 23 heavy (non-hydrogen) atoms. The van der Waals surface area contributed by atoms with Gasteiger partial charge in [0.25, 0.3) is 0 Å². The first-order valence-electron chi connectivity index (χ1n) is 7.23. The van der Waals surface area contributed by atoms with Crippen LogP contribution in [0.3, 0.4) is 0 Å². The number of esters is 2. The molecule has 0 radical (unpaired) electrons. The third-order valence-corrected chi connectivity index (χ3v) is 3.37. The fourth-order valence-corrected chi connectivity index (χ4v) is 1.57. The maximum atomic E-state index is 11.6. The zero-order chi connectivity index (χ0) is 18.0. The quantitative estimate of drug-likeness (QED) is 0.370. The molecule has 0 saturated carbocycles. The SMILES string of the molecule is C=C(C)C(=O)OCC(CCC(CO)(CO)CO)OC(=O)C(=C)C. The van der Waals surface area contributed by atoms with Crippen molar-refractivity contribution in [2.45, 2.75) is 32.8 Å². The summed E-state index contributed by atoms with van der Waals surface area (Å²) in [5, 5.41) is 27.9. The topological polar surface area (TPSA) is 113 Å². The van der Waals surface area contributed by atoms with E-state index < -0.39 is 43.3 Å². The minimum Gasteiger partial charge on any atom is -0.458 e. The Labute approximate surface area is 136 Å². The molecule has 7 heteroatoms. The summed E-state index contributed by atoms with van der Waals surface area (Å²) < 4.78 is 10.2. The van der Waals surface area contributed by atoms with Gasteiger partial charge in [0.1, 0.15) is 12.7 Å². The van der Waals surface area contributed by atoms with Crippen LogP contribution >= 0.6 is 0 Å². The van der Waals surface area contributed by atoms with Crippen LogP contribution in [0.5, 0.6) is 0 Å². The van der Waals surface area contributed by atoms with Gasteiger partial charge in [-0.15, -0.1) is 0 Å². The van der Waals surface area contributed by atoms with E-state index in [1.807, 2.05) is 0 Å². The van der Waals surface area contributed by atoms with Gasteiger partial charge in [0, 0.05) is 16.6 Å². The molecule has 0 fully saturated rings. The Bertz CT molecular complexity index is 429. The summed E-state index contributed by atoms with van der Waals surface area (Å²) in [6.45, 7) is 8.44. The number of hydrogen-bond acceptors (Lipinski definition) is 7. The van der Waals surface area contributed by atoms with Gasteiger partial charge in [0.2, 0.25) is 0 Å². The number of ether oxygens (including phenoxy) is 2. The Morgan fingerprint density at radius 1 is 1.00 bits per heavy atom. The van der Waals surface area contributed by atoms with Crippen molar-refractivity contribution < 1.29 is 34.4 Å². The number of rotatable bonds is 11. The Kier molecular flexibility index (Phi) is 9.40. The molecule has 0 amide bonds. The van der Waals surface area contributed by atoms with Crippen molar-refractivity contribution in [3.8, 4) is 0 Å². The third kappa shape index (κ3) is 7.40. The molecule has 0 saturated heterocycles. The van der Waals surface area contributed by atoms with E-state index in [9.17, 15) is 24.9 Å². The minimum atomic E-state index is -1.09. The molecule has 0 aromatic rings. The summed E-state index contributed by atoms with van der Waals surface area (Å²) in [6.07, 6.45) is -0.425. The van der Waals surface area contributed by atoms with Crippen LogP contribution in [0.4, 0.5) is 0 Å².